The number of hydrogen-bond acceptors (Lipinski definition) is 4. The Hall–Kier alpha value is -2.93. The van der Waals surface area contributed by atoms with Gasteiger partial charge in [-0.1, -0.05) is 6.07 Å². The van der Waals surface area contributed by atoms with Crippen molar-refractivity contribution < 1.29 is 9.53 Å². The zero-order valence-electron chi connectivity index (χ0n) is 15.3. The van der Waals surface area contributed by atoms with E-state index >= 15 is 0 Å². The van der Waals surface area contributed by atoms with Crippen molar-refractivity contribution in [2.75, 3.05) is 25.6 Å². The summed E-state index contributed by atoms with van der Waals surface area (Å²) in [5.41, 5.74) is 3.51. The number of methoxy groups -OCH3 is 1. The molecule has 26 heavy (non-hydrogen) atoms. The number of benzene rings is 1. The molecule has 0 unspecified atom stereocenters. The molecule has 0 fully saturated rings. The average molecular weight is 353 g/mol. The van der Waals surface area contributed by atoms with E-state index in [4.69, 9.17) is 4.74 Å². The van der Waals surface area contributed by atoms with Crippen molar-refractivity contribution in [2.24, 2.45) is 7.05 Å². The van der Waals surface area contributed by atoms with E-state index in [0.717, 1.165) is 27.8 Å². The Balaban J connectivity index is 1.80. The lowest BCUT2D eigenvalue weighted by Gasteiger charge is -2.22. The predicted molar refractivity (Wildman–Crippen MR) is 101 cm³/mol. The normalized spacial score (nSPS) is 10.9. The number of rotatable bonds is 6. The van der Waals surface area contributed by atoms with Gasteiger partial charge in [-0.3, -0.25) is 9.67 Å². The van der Waals surface area contributed by atoms with Crippen LogP contribution >= 0.6 is 0 Å². The van der Waals surface area contributed by atoms with Crippen LogP contribution in [0.15, 0.2) is 42.7 Å². The molecule has 7 heteroatoms. The molecule has 0 saturated carbocycles. The molecule has 0 saturated heterocycles. The minimum atomic E-state index is -0.182. The van der Waals surface area contributed by atoms with Crippen molar-refractivity contribution in [3.63, 3.8) is 0 Å². The highest BCUT2D eigenvalue weighted by molar-refractivity contribution is 6.00. The summed E-state index contributed by atoms with van der Waals surface area (Å²) in [5.74, 6) is 0. The van der Waals surface area contributed by atoms with E-state index in [9.17, 15) is 4.79 Å². The van der Waals surface area contributed by atoms with Crippen LogP contribution in [0.1, 0.15) is 11.3 Å². The van der Waals surface area contributed by atoms with Gasteiger partial charge in [-0.25, -0.2) is 4.79 Å². The summed E-state index contributed by atoms with van der Waals surface area (Å²) >= 11 is 0. The van der Waals surface area contributed by atoms with E-state index < -0.39 is 0 Å². The van der Waals surface area contributed by atoms with E-state index in [-0.39, 0.29) is 6.03 Å². The van der Waals surface area contributed by atoms with E-state index in [1.54, 1.807) is 22.9 Å². The van der Waals surface area contributed by atoms with Crippen LogP contribution in [0.4, 0.5) is 10.5 Å². The first kappa shape index (κ1) is 17.9. The van der Waals surface area contributed by atoms with Gasteiger partial charge in [-0.2, -0.15) is 5.10 Å². The predicted octanol–water partition coefficient (Wildman–Crippen LogP) is 2.96. The molecule has 1 aromatic carbocycles. The SMILES string of the molecule is COCCN(Cc1cnn(C)c1)C(=O)Nc1cccc2nc(C)ccc12. The number of anilines is 1. The number of nitrogens with zero attached hydrogens (tertiary/aromatic N) is 4. The van der Waals surface area contributed by atoms with Crippen LogP contribution < -0.4 is 5.32 Å². The third-order valence-electron chi connectivity index (χ3n) is 4.10. The Morgan fingerprint density at radius 3 is 2.88 bits per heavy atom. The lowest BCUT2D eigenvalue weighted by atomic mass is 10.1. The zero-order valence-corrected chi connectivity index (χ0v) is 15.3. The van der Waals surface area contributed by atoms with Crippen LogP contribution in [0.5, 0.6) is 0 Å². The number of hydrogen-bond donors (Lipinski definition) is 1. The maximum absolute atomic E-state index is 12.9. The van der Waals surface area contributed by atoms with Crippen molar-refractivity contribution in [3.8, 4) is 0 Å². The number of carbonyl (C=O) groups is 1. The molecule has 1 N–H and O–H groups in total. The molecule has 0 spiro atoms. The second-order valence-electron chi connectivity index (χ2n) is 6.19. The monoisotopic (exact) mass is 353 g/mol. The van der Waals surface area contributed by atoms with Crippen LogP contribution in [0.3, 0.4) is 0 Å². The molecule has 0 aliphatic heterocycles. The summed E-state index contributed by atoms with van der Waals surface area (Å²) in [6.45, 7) is 3.36. The first-order valence-corrected chi connectivity index (χ1v) is 8.45. The zero-order chi connectivity index (χ0) is 18.5. The molecule has 2 amide bonds. The fourth-order valence-corrected chi connectivity index (χ4v) is 2.79. The first-order chi connectivity index (χ1) is 12.6. The van der Waals surface area contributed by atoms with Crippen molar-refractivity contribution >= 4 is 22.6 Å². The summed E-state index contributed by atoms with van der Waals surface area (Å²) in [4.78, 5) is 19.1. The number of amides is 2. The first-order valence-electron chi connectivity index (χ1n) is 8.45. The van der Waals surface area contributed by atoms with Gasteiger partial charge in [0.2, 0.25) is 0 Å². The molecular weight excluding hydrogens is 330 g/mol. The maximum Gasteiger partial charge on any atom is 0.322 e. The summed E-state index contributed by atoms with van der Waals surface area (Å²) in [7, 11) is 3.48. The lowest BCUT2D eigenvalue weighted by molar-refractivity contribution is 0.153. The van der Waals surface area contributed by atoms with Crippen LogP contribution in [-0.2, 0) is 18.3 Å². The molecule has 0 aliphatic carbocycles. The van der Waals surface area contributed by atoms with Crippen LogP contribution in [-0.4, -0.2) is 46.0 Å². The molecule has 0 radical (unpaired) electrons. The minimum absolute atomic E-state index is 0.182. The summed E-state index contributed by atoms with van der Waals surface area (Å²) in [5, 5.41) is 8.08. The van der Waals surface area contributed by atoms with Gasteiger partial charge in [0.05, 0.1) is 30.6 Å². The molecular formula is C19H23N5O2. The Labute approximate surface area is 152 Å². The number of pyridine rings is 1. The highest BCUT2D eigenvalue weighted by Gasteiger charge is 2.16. The Morgan fingerprint density at radius 1 is 1.31 bits per heavy atom. The van der Waals surface area contributed by atoms with Crippen LogP contribution in [0.2, 0.25) is 0 Å². The second kappa shape index (κ2) is 7.97. The topological polar surface area (TPSA) is 72.3 Å². The van der Waals surface area contributed by atoms with Gasteiger partial charge < -0.3 is 15.0 Å². The van der Waals surface area contributed by atoms with Crippen molar-refractivity contribution in [3.05, 3.63) is 54.0 Å². The number of urea groups is 1. The van der Waals surface area contributed by atoms with Crippen molar-refractivity contribution in [2.45, 2.75) is 13.5 Å². The fraction of sp³-hybridized carbons (Fsp3) is 0.316. The smallest absolute Gasteiger partial charge is 0.322 e. The van der Waals surface area contributed by atoms with Gasteiger partial charge in [-0.15, -0.1) is 0 Å². The highest BCUT2D eigenvalue weighted by Crippen LogP contribution is 2.22. The number of nitrogens with one attached hydrogen (secondary N) is 1. The number of aromatic nitrogens is 3. The molecule has 0 aliphatic rings. The Bertz CT molecular complexity index is 906. The fourth-order valence-electron chi connectivity index (χ4n) is 2.79. The summed E-state index contributed by atoms with van der Waals surface area (Å²) in [6, 6.07) is 9.46. The van der Waals surface area contributed by atoms with Crippen LogP contribution in [0.25, 0.3) is 10.9 Å². The largest absolute Gasteiger partial charge is 0.383 e. The molecule has 0 atom stereocenters. The van der Waals surface area contributed by atoms with Gasteiger partial charge in [0.15, 0.2) is 0 Å². The maximum atomic E-state index is 12.9. The van der Waals surface area contributed by atoms with Gasteiger partial charge in [0, 0.05) is 43.5 Å². The lowest BCUT2D eigenvalue weighted by Crippen LogP contribution is -2.36. The van der Waals surface area contributed by atoms with E-state index in [1.807, 2.05) is 50.5 Å². The molecule has 2 heterocycles. The number of aryl methyl sites for hydroxylation is 2. The standard InChI is InChI=1S/C19H23N5O2/c1-14-7-8-16-17(21-14)5-4-6-18(16)22-19(25)24(9-10-26-3)13-15-11-20-23(2)12-15/h4-8,11-12H,9-10,13H2,1-3H3,(H,22,25). The van der Waals surface area contributed by atoms with E-state index in [2.05, 4.69) is 15.4 Å². The van der Waals surface area contributed by atoms with Gasteiger partial charge in [0.25, 0.3) is 0 Å². The van der Waals surface area contributed by atoms with E-state index in [1.165, 1.54) is 0 Å². The van der Waals surface area contributed by atoms with Crippen molar-refractivity contribution in [1.29, 1.82) is 0 Å². The van der Waals surface area contributed by atoms with Crippen LogP contribution in [0, 0.1) is 6.92 Å². The molecule has 3 rings (SSSR count). The average Bonchev–Trinajstić information content (AvgIpc) is 3.03. The molecule has 7 nitrogen and oxygen atoms in total. The number of carbonyl (C=O) groups excluding carboxylic acids is 1. The third-order valence-corrected chi connectivity index (χ3v) is 4.10. The van der Waals surface area contributed by atoms with Gasteiger partial charge in [-0.05, 0) is 31.2 Å². The Kier molecular flexibility index (Phi) is 5.48. The third kappa shape index (κ3) is 4.18. The van der Waals surface area contributed by atoms with Gasteiger partial charge in [0.1, 0.15) is 0 Å². The number of fused-ring (bicyclic) bond motifs is 1. The molecule has 2 aromatic heterocycles. The molecule has 3 aromatic rings. The van der Waals surface area contributed by atoms with Gasteiger partial charge >= 0.3 is 6.03 Å². The second-order valence-corrected chi connectivity index (χ2v) is 6.19. The quantitative estimate of drug-likeness (QED) is 0.739. The van der Waals surface area contributed by atoms with E-state index in [0.29, 0.717) is 19.7 Å². The Morgan fingerprint density at radius 2 is 2.15 bits per heavy atom. The molecule has 0 bridgehead atoms. The molecule has 136 valence electrons. The highest BCUT2D eigenvalue weighted by atomic mass is 16.5. The minimum Gasteiger partial charge on any atom is -0.383 e. The number of ether oxygens (including phenoxy) is 1. The summed E-state index contributed by atoms with van der Waals surface area (Å²) < 4.78 is 6.87. The summed E-state index contributed by atoms with van der Waals surface area (Å²) in [6.07, 6.45) is 3.66. The van der Waals surface area contributed by atoms with Crippen molar-refractivity contribution in [1.82, 2.24) is 19.7 Å².